The number of benzene rings is 2. The number of phenolic OH excluding ortho intramolecular Hbond substituents is 1. The van der Waals surface area contributed by atoms with E-state index in [0.717, 1.165) is 17.3 Å². The van der Waals surface area contributed by atoms with Crippen LogP contribution in [0.4, 0.5) is 24.5 Å². The molecule has 29 heavy (non-hydrogen) atoms. The van der Waals surface area contributed by atoms with E-state index in [1.165, 1.54) is 12.1 Å². The lowest BCUT2D eigenvalue weighted by Crippen LogP contribution is -2.30. The molecule has 0 atom stereocenters. The average Bonchev–Trinajstić information content (AvgIpc) is 2.60. The normalized spacial score (nSPS) is 14.5. The Labute approximate surface area is 168 Å². The molecule has 0 fully saturated rings. The lowest BCUT2D eigenvalue weighted by molar-refractivity contribution is -0.137. The SMILES string of the molecule is CC(C)(C)CC(=O)Nc1ccc(N2CCc3cc(C(F)(F)F)ccc3C2)cc1O. The van der Waals surface area contributed by atoms with E-state index in [-0.39, 0.29) is 17.1 Å². The highest BCUT2D eigenvalue weighted by molar-refractivity contribution is 5.92. The van der Waals surface area contributed by atoms with Crippen molar-refractivity contribution in [2.24, 2.45) is 5.41 Å². The van der Waals surface area contributed by atoms with E-state index in [4.69, 9.17) is 0 Å². The number of nitrogens with one attached hydrogen (secondary N) is 1. The topological polar surface area (TPSA) is 52.6 Å². The van der Waals surface area contributed by atoms with Gasteiger partial charge in [0.25, 0.3) is 0 Å². The van der Waals surface area contributed by atoms with Crippen molar-refractivity contribution in [1.82, 2.24) is 0 Å². The first-order valence-electron chi connectivity index (χ1n) is 9.49. The van der Waals surface area contributed by atoms with Crippen LogP contribution in [0.3, 0.4) is 0 Å². The van der Waals surface area contributed by atoms with Gasteiger partial charge in [-0.25, -0.2) is 0 Å². The Morgan fingerprint density at radius 1 is 1.10 bits per heavy atom. The third-order valence-electron chi connectivity index (χ3n) is 4.86. The minimum atomic E-state index is -4.34. The van der Waals surface area contributed by atoms with Crippen LogP contribution in [-0.2, 0) is 23.9 Å². The molecule has 2 aromatic carbocycles. The van der Waals surface area contributed by atoms with E-state index >= 15 is 0 Å². The molecule has 0 aromatic heterocycles. The quantitative estimate of drug-likeness (QED) is 0.676. The molecule has 2 N–H and O–H groups in total. The van der Waals surface area contributed by atoms with Crippen LogP contribution in [0.15, 0.2) is 36.4 Å². The van der Waals surface area contributed by atoms with E-state index in [9.17, 15) is 23.1 Å². The number of hydrogen-bond donors (Lipinski definition) is 2. The highest BCUT2D eigenvalue weighted by Gasteiger charge is 2.31. The maximum atomic E-state index is 12.9. The second-order valence-corrected chi connectivity index (χ2v) is 8.64. The predicted octanol–water partition coefficient (Wildman–Crippen LogP) is 5.35. The summed E-state index contributed by atoms with van der Waals surface area (Å²) in [5, 5.41) is 13.0. The molecule has 7 heteroatoms. The second-order valence-electron chi connectivity index (χ2n) is 8.64. The number of rotatable bonds is 3. The Hall–Kier alpha value is -2.70. The zero-order valence-corrected chi connectivity index (χ0v) is 16.7. The maximum Gasteiger partial charge on any atom is 0.416 e. The highest BCUT2D eigenvalue weighted by Crippen LogP contribution is 2.35. The third-order valence-corrected chi connectivity index (χ3v) is 4.86. The van der Waals surface area contributed by atoms with Gasteiger partial charge in [0.2, 0.25) is 5.91 Å². The Balaban J connectivity index is 1.72. The minimum absolute atomic E-state index is 0.0389. The monoisotopic (exact) mass is 406 g/mol. The first kappa shape index (κ1) is 21.0. The fourth-order valence-corrected chi connectivity index (χ4v) is 3.45. The highest BCUT2D eigenvalue weighted by atomic mass is 19.4. The summed E-state index contributed by atoms with van der Waals surface area (Å²) in [6.45, 7) is 6.89. The van der Waals surface area contributed by atoms with Gasteiger partial charge >= 0.3 is 6.18 Å². The molecule has 2 aromatic rings. The number of aromatic hydroxyl groups is 1. The lowest BCUT2D eigenvalue weighted by atomic mass is 9.92. The summed E-state index contributed by atoms with van der Waals surface area (Å²) in [5.41, 5.74) is 1.85. The molecule has 156 valence electrons. The first-order valence-corrected chi connectivity index (χ1v) is 9.49. The van der Waals surface area contributed by atoms with Gasteiger partial charge in [-0.15, -0.1) is 0 Å². The second kappa shape index (κ2) is 7.61. The van der Waals surface area contributed by atoms with Crippen molar-refractivity contribution >= 4 is 17.3 Å². The zero-order valence-electron chi connectivity index (χ0n) is 16.7. The van der Waals surface area contributed by atoms with Crippen LogP contribution in [-0.4, -0.2) is 17.6 Å². The smallest absolute Gasteiger partial charge is 0.416 e. The van der Waals surface area contributed by atoms with Gasteiger partial charge in [0, 0.05) is 31.3 Å². The minimum Gasteiger partial charge on any atom is -0.506 e. The van der Waals surface area contributed by atoms with Crippen molar-refractivity contribution in [2.45, 2.75) is 46.3 Å². The third kappa shape index (κ3) is 5.22. The molecule has 0 bridgehead atoms. The van der Waals surface area contributed by atoms with Crippen molar-refractivity contribution in [3.63, 3.8) is 0 Å². The summed E-state index contributed by atoms with van der Waals surface area (Å²) >= 11 is 0. The van der Waals surface area contributed by atoms with Crippen molar-refractivity contribution in [1.29, 1.82) is 0 Å². The van der Waals surface area contributed by atoms with Crippen LogP contribution in [0, 0.1) is 5.41 Å². The van der Waals surface area contributed by atoms with Crippen molar-refractivity contribution < 1.29 is 23.1 Å². The van der Waals surface area contributed by atoms with Gasteiger partial charge in [0.05, 0.1) is 11.3 Å². The average molecular weight is 406 g/mol. The summed E-state index contributed by atoms with van der Waals surface area (Å²) < 4.78 is 38.7. The van der Waals surface area contributed by atoms with Crippen molar-refractivity contribution in [2.75, 3.05) is 16.8 Å². The summed E-state index contributed by atoms with van der Waals surface area (Å²) in [4.78, 5) is 14.1. The van der Waals surface area contributed by atoms with Crippen LogP contribution in [0.2, 0.25) is 0 Å². The van der Waals surface area contributed by atoms with Gasteiger partial charge in [-0.1, -0.05) is 26.8 Å². The van der Waals surface area contributed by atoms with Crippen LogP contribution >= 0.6 is 0 Å². The molecule has 1 heterocycles. The Kier molecular flexibility index (Phi) is 5.52. The predicted molar refractivity (Wildman–Crippen MR) is 107 cm³/mol. The lowest BCUT2D eigenvalue weighted by Gasteiger charge is -2.31. The summed E-state index contributed by atoms with van der Waals surface area (Å²) in [6, 6.07) is 8.85. The van der Waals surface area contributed by atoms with Gasteiger partial charge in [0.15, 0.2) is 0 Å². The fraction of sp³-hybridized carbons (Fsp3) is 0.409. The van der Waals surface area contributed by atoms with E-state index < -0.39 is 11.7 Å². The molecular weight excluding hydrogens is 381 g/mol. The molecule has 4 nitrogen and oxygen atoms in total. The van der Waals surface area contributed by atoms with Gasteiger partial charge in [-0.05, 0) is 47.2 Å². The number of amides is 1. The van der Waals surface area contributed by atoms with Crippen molar-refractivity contribution in [3.05, 3.63) is 53.1 Å². The summed E-state index contributed by atoms with van der Waals surface area (Å²) in [6.07, 6.45) is -3.52. The van der Waals surface area contributed by atoms with Crippen LogP contribution in [0.5, 0.6) is 5.75 Å². The summed E-state index contributed by atoms with van der Waals surface area (Å²) in [7, 11) is 0. The molecule has 1 amide bonds. The Morgan fingerprint density at radius 2 is 1.83 bits per heavy atom. The van der Waals surface area contributed by atoms with E-state index in [0.29, 0.717) is 37.2 Å². The number of halogens is 3. The van der Waals surface area contributed by atoms with Gasteiger partial charge < -0.3 is 15.3 Å². The largest absolute Gasteiger partial charge is 0.506 e. The van der Waals surface area contributed by atoms with E-state index in [2.05, 4.69) is 5.32 Å². The Morgan fingerprint density at radius 3 is 2.45 bits per heavy atom. The molecule has 0 radical (unpaired) electrons. The van der Waals surface area contributed by atoms with E-state index in [1.54, 1.807) is 18.2 Å². The molecule has 0 aliphatic carbocycles. The molecule has 0 unspecified atom stereocenters. The Bertz CT molecular complexity index is 917. The number of alkyl halides is 3. The fourth-order valence-electron chi connectivity index (χ4n) is 3.45. The number of nitrogens with zero attached hydrogens (tertiary/aromatic N) is 1. The molecule has 0 spiro atoms. The standard InChI is InChI=1S/C22H25F3N2O2/c1-21(2,3)12-20(29)26-18-7-6-17(11-19(18)28)27-9-8-14-10-16(22(23,24)25)5-4-15(14)13-27/h4-7,10-11,28H,8-9,12-13H2,1-3H3,(H,26,29). The van der Waals surface area contributed by atoms with Gasteiger partial charge in [-0.3, -0.25) is 4.79 Å². The van der Waals surface area contributed by atoms with Crippen LogP contribution < -0.4 is 10.2 Å². The number of hydrogen-bond acceptors (Lipinski definition) is 3. The van der Waals surface area contributed by atoms with Gasteiger partial charge in [-0.2, -0.15) is 13.2 Å². The van der Waals surface area contributed by atoms with Gasteiger partial charge in [0.1, 0.15) is 5.75 Å². The number of carbonyl (C=O) groups is 1. The molecule has 1 aliphatic rings. The number of anilines is 2. The molecule has 1 aliphatic heterocycles. The first-order chi connectivity index (χ1) is 13.4. The number of fused-ring (bicyclic) bond motifs is 1. The zero-order chi connectivity index (χ0) is 21.4. The number of phenols is 1. The maximum absolute atomic E-state index is 12.9. The van der Waals surface area contributed by atoms with Crippen LogP contribution in [0.25, 0.3) is 0 Å². The molecule has 3 rings (SSSR count). The summed E-state index contributed by atoms with van der Waals surface area (Å²) in [5.74, 6) is -0.212. The molecular formula is C22H25F3N2O2. The van der Waals surface area contributed by atoms with Crippen LogP contribution in [0.1, 0.15) is 43.9 Å². The molecule has 0 saturated heterocycles. The van der Waals surface area contributed by atoms with Crippen molar-refractivity contribution in [3.8, 4) is 5.75 Å². The number of carbonyl (C=O) groups excluding carboxylic acids is 1. The molecule has 0 saturated carbocycles. The van der Waals surface area contributed by atoms with E-state index in [1.807, 2.05) is 25.7 Å².